The third-order valence-corrected chi connectivity index (χ3v) is 6.46. The van der Waals surface area contributed by atoms with E-state index in [1.165, 1.54) is 4.31 Å². The van der Waals surface area contributed by atoms with Gasteiger partial charge in [0.1, 0.15) is 0 Å². The van der Waals surface area contributed by atoms with Crippen LogP contribution in [0.2, 0.25) is 0 Å². The van der Waals surface area contributed by atoms with Gasteiger partial charge in [-0.05, 0) is 44.0 Å². The number of sulfonamides is 1. The molecule has 0 radical (unpaired) electrons. The Bertz CT molecular complexity index is 717. The second kappa shape index (κ2) is 6.13. The molecule has 1 aromatic carbocycles. The van der Waals surface area contributed by atoms with E-state index in [0.29, 0.717) is 30.8 Å². The molecule has 0 spiro atoms. The molecule has 2 aliphatic rings. The summed E-state index contributed by atoms with van der Waals surface area (Å²) in [5.74, 6) is 0.220. The third kappa shape index (κ3) is 3.07. The third-order valence-electron chi connectivity index (χ3n) is 4.59. The Kier molecular flexibility index (Phi) is 4.33. The molecule has 1 unspecified atom stereocenters. The van der Waals surface area contributed by atoms with Crippen molar-refractivity contribution < 1.29 is 13.2 Å². The van der Waals surface area contributed by atoms with Crippen LogP contribution in [-0.4, -0.2) is 57.2 Å². The minimum atomic E-state index is -3.19. The highest BCUT2D eigenvalue weighted by Gasteiger charge is 2.30. The molecular weight excluding hydrogens is 314 g/mol. The zero-order valence-corrected chi connectivity index (χ0v) is 14.4. The molecule has 6 nitrogen and oxygen atoms in total. The highest BCUT2D eigenvalue weighted by atomic mass is 32.2. The molecule has 1 atom stereocenters. The molecule has 0 bridgehead atoms. The molecule has 1 aromatic rings. The van der Waals surface area contributed by atoms with Gasteiger partial charge in [0.05, 0.1) is 11.4 Å². The number of nitrogens with one attached hydrogen (secondary N) is 1. The van der Waals surface area contributed by atoms with Crippen molar-refractivity contribution in [1.82, 2.24) is 10.2 Å². The topological polar surface area (TPSA) is 69.7 Å². The van der Waals surface area contributed by atoms with Crippen molar-refractivity contribution in [1.29, 1.82) is 0 Å². The minimum absolute atomic E-state index is 0.0207. The number of hydrogen-bond donors (Lipinski definition) is 1. The Labute approximate surface area is 137 Å². The maximum absolute atomic E-state index is 12.8. The van der Waals surface area contributed by atoms with Crippen molar-refractivity contribution in [3.63, 3.8) is 0 Å². The SMILES string of the molecule is Cc1cc(N2CCCS2(=O)=O)ccc1C(=O)N1CCNCC1C. The molecule has 3 rings (SSSR count). The quantitative estimate of drug-likeness (QED) is 0.873. The number of hydrogen-bond acceptors (Lipinski definition) is 4. The highest BCUT2D eigenvalue weighted by molar-refractivity contribution is 7.93. The van der Waals surface area contributed by atoms with Gasteiger partial charge in [-0.15, -0.1) is 0 Å². The van der Waals surface area contributed by atoms with E-state index in [1.807, 2.05) is 24.8 Å². The summed E-state index contributed by atoms with van der Waals surface area (Å²) in [5, 5.41) is 3.27. The molecule has 7 heteroatoms. The molecule has 2 aliphatic heterocycles. The fourth-order valence-electron chi connectivity index (χ4n) is 3.27. The molecule has 0 aliphatic carbocycles. The van der Waals surface area contributed by atoms with Gasteiger partial charge in [-0.1, -0.05) is 0 Å². The van der Waals surface area contributed by atoms with Crippen LogP contribution >= 0.6 is 0 Å². The lowest BCUT2D eigenvalue weighted by Crippen LogP contribution is -2.52. The second-order valence-corrected chi connectivity index (χ2v) is 8.31. The van der Waals surface area contributed by atoms with E-state index < -0.39 is 10.0 Å². The molecule has 0 aromatic heterocycles. The summed E-state index contributed by atoms with van der Waals surface area (Å²) in [4.78, 5) is 14.6. The first-order valence-corrected chi connectivity index (χ1v) is 9.64. The maximum Gasteiger partial charge on any atom is 0.254 e. The summed E-state index contributed by atoms with van der Waals surface area (Å²) in [6.45, 7) is 6.72. The average Bonchev–Trinajstić information content (AvgIpc) is 2.86. The van der Waals surface area contributed by atoms with Gasteiger partial charge in [0.2, 0.25) is 10.0 Å². The van der Waals surface area contributed by atoms with E-state index in [0.717, 1.165) is 18.7 Å². The first-order chi connectivity index (χ1) is 10.9. The summed E-state index contributed by atoms with van der Waals surface area (Å²) in [6.07, 6.45) is 0.653. The van der Waals surface area contributed by atoms with Crippen LogP contribution in [0, 0.1) is 6.92 Å². The monoisotopic (exact) mass is 337 g/mol. The Morgan fingerprint density at radius 3 is 2.70 bits per heavy atom. The predicted octanol–water partition coefficient (Wildman–Crippen LogP) is 0.969. The van der Waals surface area contributed by atoms with Crippen LogP contribution in [0.15, 0.2) is 18.2 Å². The number of piperazine rings is 1. The van der Waals surface area contributed by atoms with Crippen LogP contribution in [0.25, 0.3) is 0 Å². The first kappa shape index (κ1) is 16.3. The Hall–Kier alpha value is -1.60. The summed E-state index contributed by atoms with van der Waals surface area (Å²) in [7, 11) is -3.19. The predicted molar refractivity (Wildman–Crippen MR) is 90.3 cm³/mol. The van der Waals surface area contributed by atoms with Gasteiger partial charge in [-0.3, -0.25) is 9.10 Å². The van der Waals surface area contributed by atoms with Gasteiger partial charge < -0.3 is 10.2 Å². The molecule has 0 saturated carbocycles. The number of amides is 1. The van der Waals surface area contributed by atoms with E-state index in [2.05, 4.69) is 5.32 Å². The number of aryl methyl sites for hydroxylation is 1. The smallest absolute Gasteiger partial charge is 0.254 e. The Morgan fingerprint density at radius 2 is 2.09 bits per heavy atom. The lowest BCUT2D eigenvalue weighted by atomic mass is 10.0. The molecule has 1 N–H and O–H groups in total. The van der Waals surface area contributed by atoms with Crippen LogP contribution in [0.1, 0.15) is 29.3 Å². The number of rotatable bonds is 2. The highest BCUT2D eigenvalue weighted by Crippen LogP contribution is 2.27. The lowest BCUT2D eigenvalue weighted by molar-refractivity contribution is 0.0655. The maximum atomic E-state index is 12.8. The summed E-state index contributed by atoms with van der Waals surface area (Å²) >= 11 is 0. The van der Waals surface area contributed by atoms with Gasteiger partial charge in [-0.25, -0.2) is 8.42 Å². The van der Waals surface area contributed by atoms with Gasteiger partial charge in [-0.2, -0.15) is 0 Å². The van der Waals surface area contributed by atoms with Crippen molar-refractivity contribution in [2.45, 2.75) is 26.3 Å². The fraction of sp³-hybridized carbons (Fsp3) is 0.562. The largest absolute Gasteiger partial charge is 0.333 e. The first-order valence-electron chi connectivity index (χ1n) is 8.03. The molecule has 2 heterocycles. The Morgan fingerprint density at radius 1 is 1.30 bits per heavy atom. The van der Waals surface area contributed by atoms with Crippen molar-refractivity contribution in [3.05, 3.63) is 29.3 Å². The molecule has 2 saturated heterocycles. The van der Waals surface area contributed by atoms with Crippen molar-refractivity contribution in [2.75, 3.05) is 36.2 Å². The van der Waals surface area contributed by atoms with Gasteiger partial charge in [0.15, 0.2) is 0 Å². The van der Waals surface area contributed by atoms with Crippen molar-refractivity contribution >= 4 is 21.6 Å². The van der Waals surface area contributed by atoms with Gasteiger partial charge >= 0.3 is 0 Å². The van der Waals surface area contributed by atoms with Gasteiger partial charge in [0.25, 0.3) is 5.91 Å². The van der Waals surface area contributed by atoms with Gasteiger partial charge in [0, 0.05) is 37.8 Å². The van der Waals surface area contributed by atoms with E-state index in [4.69, 9.17) is 0 Å². The normalized spacial score (nSPS) is 24.0. The van der Waals surface area contributed by atoms with Crippen molar-refractivity contribution in [3.8, 4) is 0 Å². The average molecular weight is 337 g/mol. The molecular formula is C16H23N3O3S. The standard InChI is InChI=1S/C16H23N3O3S/c1-12-10-14(19-7-3-9-23(19,21)22)4-5-15(12)16(20)18-8-6-17-11-13(18)2/h4-5,10,13,17H,3,6-9,11H2,1-2H3. The van der Waals surface area contributed by atoms with Crippen LogP contribution in [-0.2, 0) is 10.0 Å². The second-order valence-electron chi connectivity index (χ2n) is 6.29. The zero-order chi connectivity index (χ0) is 16.6. The molecule has 23 heavy (non-hydrogen) atoms. The summed E-state index contributed by atoms with van der Waals surface area (Å²) in [5.41, 5.74) is 2.13. The molecule has 1 amide bonds. The minimum Gasteiger partial charge on any atom is -0.333 e. The fourth-order valence-corrected chi connectivity index (χ4v) is 4.83. The number of carbonyl (C=O) groups excluding carboxylic acids is 1. The van der Waals surface area contributed by atoms with Crippen LogP contribution in [0.3, 0.4) is 0 Å². The van der Waals surface area contributed by atoms with E-state index in [9.17, 15) is 13.2 Å². The lowest BCUT2D eigenvalue weighted by Gasteiger charge is -2.34. The molecule has 126 valence electrons. The van der Waals surface area contributed by atoms with E-state index in [-0.39, 0.29) is 17.7 Å². The van der Waals surface area contributed by atoms with Crippen LogP contribution in [0.4, 0.5) is 5.69 Å². The van der Waals surface area contributed by atoms with Crippen LogP contribution in [0.5, 0.6) is 0 Å². The Balaban J connectivity index is 1.86. The summed E-state index contributed by atoms with van der Waals surface area (Å²) < 4.78 is 25.5. The van der Waals surface area contributed by atoms with E-state index >= 15 is 0 Å². The van der Waals surface area contributed by atoms with E-state index in [1.54, 1.807) is 12.1 Å². The number of benzene rings is 1. The number of carbonyl (C=O) groups is 1. The molecule has 2 fully saturated rings. The number of nitrogens with zero attached hydrogens (tertiary/aromatic N) is 2. The van der Waals surface area contributed by atoms with Crippen molar-refractivity contribution in [2.24, 2.45) is 0 Å². The number of anilines is 1. The van der Waals surface area contributed by atoms with Crippen LogP contribution < -0.4 is 9.62 Å². The summed E-state index contributed by atoms with van der Waals surface area (Å²) in [6, 6.07) is 5.48. The zero-order valence-electron chi connectivity index (χ0n) is 13.6.